The van der Waals surface area contributed by atoms with Gasteiger partial charge in [0.05, 0.1) is 0 Å². The first-order chi connectivity index (χ1) is 8.05. The molecule has 2 aliphatic rings. The number of rotatable bonds is 2. The van der Waals surface area contributed by atoms with Crippen LogP contribution in [-0.2, 0) is 4.74 Å². The first-order valence-electron chi connectivity index (χ1n) is 7.11. The van der Waals surface area contributed by atoms with Crippen LogP contribution in [0.5, 0.6) is 0 Å². The van der Waals surface area contributed by atoms with Gasteiger partial charge in [0.15, 0.2) is 0 Å². The highest BCUT2D eigenvalue weighted by molar-refractivity contribution is 5.17. The quantitative estimate of drug-likeness (QED) is 0.744. The maximum Gasteiger partial charge on any atom is 0.0480 e. The van der Waals surface area contributed by atoms with Crippen LogP contribution in [0.2, 0.25) is 0 Å². The highest BCUT2D eigenvalue weighted by Crippen LogP contribution is 2.33. The lowest BCUT2D eigenvalue weighted by molar-refractivity contribution is 0.0757. The SMILES string of the molecule is CC(C)(C)C1=CC(NC2CCOCC2)CCC1. The van der Waals surface area contributed by atoms with E-state index in [1.165, 1.54) is 32.1 Å². The first-order valence-corrected chi connectivity index (χ1v) is 7.11. The minimum atomic E-state index is 0.343. The molecule has 0 aromatic carbocycles. The molecule has 2 rings (SSSR count). The van der Waals surface area contributed by atoms with E-state index in [0.717, 1.165) is 13.2 Å². The molecule has 1 saturated heterocycles. The highest BCUT2D eigenvalue weighted by atomic mass is 16.5. The van der Waals surface area contributed by atoms with E-state index in [2.05, 4.69) is 32.2 Å². The maximum atomic E-state index is 5.41. The Kier molecular flexibility index (Phi) is 4.26. The summed E-state index contributed by atoms with van der Waals surface area (Å²) in [5, 5.41) is 3.80. The number of hydrogen-bond acceptors (Lipinski definition) is 2. The Morgan fingerprint density at radius 1 is 1.18 bits per heavy atom. The van der Waals surface area contributed by atoms with E-state index in [9.17, 15) is 0 Å². The van der Waals surface area contributed by atoms with Crippen molar-refractivity contribution in [2.75, 3.05) is 13.2 Å². The number of allylic oxidation sites excluding steroid dienone is 1. The minimum absolute atomic E-state index is 0.343. The lowest BCUT2D eigenvalue weighted by Gasteiger charge is -2.33. The summed E-state index contributed by atoms with van der Waals surface area (Å²) in [5.74, 6) is 0. The fourth-order valence-electron chi connectivity index (χ4n) is 2.85. The van der Waals surface area contributed by atoms with Gasteiger partial charge in [-0.25, -0.2) is 0 Å². The molecule has 2 nitrogen and oxygen atoms in total. The molecule has 1 aliphatic heterocycles. The van der Waals surface area contributed by atoms with E-state index in [1.54, 1.807) is 5.57 Å². The number of nitrogens with one attached hydrogen (secondary N) is 1. The molecule has 0 radical (unpaired) electrons. The van der Waals surface area contributed by atoms with Crippen molar-refractivity contribution in [2.24, 2.45) is 5.41 Å². The normalized spacial score (nSPS) is 27.9. The van der Waals surface area contributed by atoms with Crippen molar-refractivity contribution >= 4 is 0 Å². The molecule has 98 valence electrons. The third-order valence-electron chi connectivity index (χ3n) is 4.00. The van der Waals surface area contributed by atoms with Crippen molar-refractivity contribution in [3.05, 3.63) is 11.6 Å². The monoisotopic (exact) mass is 237 g/mol. The van der Waals surface area contributed by atoms with E-state index < -0.39 is 0 Å². The Morgan fingerprint density at radius 2 is 1.88 bits per heavy atom. The lowest BCUT2D eigenvalue weighted by atomic mass is 9.79. The second-order valence-corrected chi connectivity index (χ2v) is 6.49. The van der Waals surface area contributed by atoms with Crippen LogP contribution in [0.4, 0.5) is 0 Å². The molecule has 1 N–H and O–H groups in total. The fraction of sp³-hybridized carbons (Fsp3) is 0.867. The van der Waals surface area contributed by atoms with E-state index in [4.69, 9.17) is 4.74 Å². The Labute approximate surface area is 106 Å². The lowest BCUT2D eigenvalue weighted by Crippen LogP contribution is -2.42. The smallest absolute Gasteiger partial charge is 0.0480 e. The number of ether oxygens (including phenoxy) is 1. The summed E-state index contributed by atoms with van der Waals surface area (Å²) >= 11 is 0. The van der Waals surface area contributed by atoms with Crippen LogP contribution in [0.25, 0.3) is 0 Å². The highest BCUT2D eigenvalue weighted by Gasteiger charge is 2.24. The third kappa shape index (κ3) is 3.82. The van der Waals surface area contributed by atoms with Gasteiger partial charge < -0.3 is 10.1 Å². The van der Waals surface area contributed by atoms with Crippen LogP contribution in [0, 0.1) is 5.41 Å². The molecule has 0 spiro atoms. The summed E-state index contributed by atoms with van der Waals surface area (Å²) in [4.78, 5) is 0. The van der Waals surface area contributed by atoms with Gasteiger partial charge in [-0.05, 0) is 37.5 Å². The van der Waals surface area contributed by atoms with Gasteiger partial charge in [-0.1, -0.05) is 32.4 Å². The first kappa shape index (κ1) is 13.1. The van der Waals surface area contributed by atoms with Crippen LogP contribution >= 0.6 is 0 Å². The van der Waals surface area contributed by atoms with E-state index >= 15 is 0 Å². The topological polar surface area (TPSA) is 21.3 Å². The van der Waals surface area contributed by atoms with Gasteiger partial charge >= 0.3 is 0 Å². The molecule has 2 heteroatoms. The summed E-state index contributed by atoms with van der Waals surface area (Å²) in [6.07, 6.45) is 8.78. The zero-order valence-electron chi connectivity index (χ0n) is 11.6. The molecule has 17 heavy (non-hydrogen) atoms. The second kappa shape index (κ2) is 5.53. The van der Waals surface area contributed by atoms with E-state index in [0.29, 0.717) is 17.5 Å². The Hall–Kier alpha value is -0.340. The molecule has 1 heterocycles. The predicted molar refractivity (Wildman–Crippen MR) is 72.2 cm³/mol. The maximum absolute atomic E-state index is 5.41. The van der Waals surface area contributed by atoms with E-state index in [1.807, 2.05) is 0 Å². The van der Waals surface area contributed by atoms with Gasteiger partial charge in [-0.2, -0.15) is 0 Å². The molecule has 1 aliphatic carbocycles. The van der Waals surface area contributed by atoms with E-state index in [-0.39, 0.29) is 0 Å². The van der Waals surface area contributed by atoms with Gasteiger partial charge in [-0.15, -0.1) is 0 Å². The molecular formula is C15H27NO. The van der Waals surface area contributed by atoms with Crippen LogP contribution < -0.4 is 5.32 Å². The summed E-state index contributed by atoms with van der Waals surface area (Å²) in [6.45, 7) is 8.85. The summed E-state index contributed by atoms with van der Waals surface area (Å²) in [6, 6.07) is 1.27. The predicted octanol–water partition coefficient (Wildman–Crippen LogP) is 3.28. The third-order valence-corrected chi connectivity index (χ3v) is 4.00. The Morgan fingerprint density at radius 3 is 2.53 bits per heavy atom. The summed E-state index contributed by atoms with van der Waals surface area (Å²) < 4.78 is 5.41. The van der Waals surface area contributed by atoms with Crippen molar-refractivity contribution in [3.8, 4) is 0 Å². The van der Waals surface area contributed by atoms with Crippen molar-refractivity contribution in [1.82, 2.24) is 5.32 Å². The van der Waals surface area contributed by atoms with Gasteiger partial charge in [0.2, 0.25) is 0 Å². The molecule has 0 aromatic rings. The number of hydrogen-bond donors (Lipinski definition) is 1. The summed E-state index contributed by atoms with van der Waals surface area (Å²) in [5.41, 5.74) is 1.98. The van der Waals surface area contributed by atoms with Gasteiger partial charge in [0.25, 0.3) is 0 Å². The fourth-order valence-corrected chi connectivity index (χ4v) is 2.85. The molecular weight excluding hydrogens is 210 g/mol. The van der Waals surface area contributed by atoms with Gasteiger partial charge in [0.1, 0.15) is 0 Å². The van der Waals surface area contributed by atoms with Crippen LogP contribution in [0.1, 0.15) is 52.9 Å². The average molecular weight is 237 g/mol. The standard InChI is InChI=1S/C15H27NO/c1-15(2,3)12-5-4-6-14(11-12)16-13-7-9-17-10-8-13/h11,13-14,16H,4-10H2,1-3H3. The zero-order valence-corrected chi connectivity index (χ0v) is 11.6. The molecule has 1 atom stereocenters. The van der Waals surface area contributed by atoms with Crippen molar-refractivity contribution < 1.29 is 4.74 Å². The van der Waals surface area contributed by atoms with Crippen molar-refractivity contribution in [3.63, 3.8) is 0 Å². The second-order valence-electron chi connectivity index (χ2n) is 6.49. The summed E-state index contributed by atoms with van der Waals surface area (Å²) in [7, 11) is 0. The molecule has 1 fully saturated rings. The van der Waals surface area contributed by atoms with Crippen LogP contribution in [0.3, 0.4) is 0 Å². The minimum Gasteiger partial charge on any atom is -0.381 e. The van der Waals surface area contributed by atoms with Gasteiger partial charge in [0, 0.05) is 25.3 Å². The zero-order chi connectivity index (χ0) is 12.3. The van der Waals surface area contributed by atoms with Gasteiger partial charge in [-0.3, -0.25) is 0 Å². The van der Waals surface area contributed by atoms with Crippen LogP contribution in [-0.4, -0.2) is 25.3 Å². The molecule has 0 saturated carbocycles. The molecule has 0 bridgehead atoms. The molecule has 1 unspecified atom stereocenters. The van der Waals surface area contributed by atoms with Crippen molar-refractivity contribution in [2.45, 2.75) is 65.0 Å². The van der Waals surface area contributed by atoms with Crippen LogP contribution in [0.15, 0.2) is 11.6 Å². The average Bonchev–Trinajstić information content (AvgIpc) is 2.29. The molecule has 0 amide bonds. The molecule has 0 aromatic heterocycles. The Balaban J connectivity index is 1.92. The Bertz CT molecular complexity index is 271. The van der Waals surface area contributed by atoms with Crippen molar-refractivity contribution in [1.29, 1.82) is 0 Å². The largest absolute Gasteiger partial charge is 0.381 e.